The van der Waals surface area contributed by atoms with Gasteiger partial charge in [0.15, 0.2) is 6.10 Å². The zero-order valence-corrected chi connectivity index (χ0v) is 12.0. The third-order valence-electron chi connectivity index (χ3n) is 2.67. The highest BCUT2D eigenvalue weighted by Crippen LogP contribution is 2.20. The monoisotopic (exact) mass is 348 g/mol. The van der Waals surface area contributed by atoms with Gasteiger partial charge in [-0.3, -0.25) is 4.79 Å². The van der Waals surface area contributed by atoms with E-state index in [4.69, 9.17) is 21.4 Å². The Balaban J connectivity index is 2.19. The lowest BCUT2D eigenvalue weighted by Gasteiger charge is -2.31. The molecule has 8 heteroatoms. The fraction of sp³-hybridized carbons (Fsp3) is 0.364. The van der Waals surface area contributed by atoms with Crippen molar-refractivity contribution in [3.63, 3.8) is 0 Å². The van der Waals surface area contributed by atoms with Gasteiger partial charge in [-0.1, -0.05) is 11.6 Å². The number of pyridine rings is 1. The van der Waals surface area contributed by atoms with Gasteiger partial charge < -0.3 is 14.7 Å². The molecule has 0 radical (unpaired) electrons. The molecular weight excluding hydrogens is 339 g/mol. The molecule has 1 aliphatic heterocycles. The molecule has 0 aromatic carbocycles. The third kappa shape index (κ3) is 3.23. The Bertz CT molecular complexity index is 525. The first-order valence-electron chi connectivity index (χ1n) is 5.44. The molecule has 1 N–H and O–H groups in total. The molecule has 1 fully saturated rings. The highest BCUT2D eigenvalue weighted by Gasteiger charge is 2.30. The molecule has 19 heavy (non-hydrogen) atoms. The maximum absolute atomic E-state index is 12.3. The van der Waals surface area contributed by atoms with Crippen LogP contribution in [0, 0.1) is 0 Å². The van der Waals surface area contributed by atoms with E-state index in [-0.39, 0.29) is 29.8 Å². The number of nitrogens with zero attached hydrogens (tertiary/aromatic N) is 2. The number of aromatic nitrogens is 1. The number of carbonyl (C=O) groups excluding carboxylic acids is 1. The van der Waals surface area contributed by atoms with Crippen LogP contribution in [0.5, 0.6) is 0 Å². The lowest BCUT2D eigenvalue weighted by molar-refractivity contribution is -0.154. The number of carboxylic acids is 1. The first kappa shape index (κ1) is 14.2. The summed E-state index contributed by atoms with van der Waals surface area (Å²) in [4.78, 5) is 28.4. The molecule has 1 unspecified atom stereocenters. The summed E-state index contributed by atoms with van der Waals surface area (Å²) in [6.45, 7) is 0.504. The van der Waals surface area contributed by atoms with E-state index < -0.39 is 12.1 Å². The quantitative estimate of drug-likeness (QED) is 0.817. The van der Waals surface area contributed by atoms with E-state index in [2.05, 4.69) is 20.9 Å². The lowest BCUT2D eigenvalue weighted by atomic mass is 10.2. The van der Waals surface area contributed by atoms with Crippen molar-refractivity contribution >= 4 is 39.4 Å². The number of carbonyl (C=O) groups is 2. The molecule has 102 valence electrons. The normalized spacial score (nSPS) is 19.3. The van der Waals surface area contributed by atoms with Gasteiger partial charge in [-0.05, 0) is 22.0 Å². The van der Waals surface area contributed by atoms with Crippen LogP contribution in [-0.2, 0) is 9.53 Å². The predicted molar refractivity (Wildman–Crippen MR) is 70.2 cm³/mol. The molecule has 6 nitrogen and oxygen atoms in total. The maximum Gasteiger partial charge on any atom is 0.334 e. The summed E-state index contributed by atoms with van der Waals surface area (Å²) in [5, 5.41) is 8.99. The van der Waals surface area contributed by atoms with Gasteiger partial charge in [0.1, 0.15) is 5.15 Å². The average Bonchev–Trinajstić information content (AvgIpc) is 2.41. The van der Waals surface area contributed by atoms with Gasteiger partial charge >= 0.3 is 5.97 Å². The third-order valence-corrected chi connectivity index (χ3v) is 3.40. The Labute approximate surface area is 122 Å². The van der Waals surface area contributed by atoms with Crippen LogP contribution in [-0.4, -0.2) is 52.7 Å². The topological polar surface area (TPSA) is 79.7 Å². The number of aliphatic carboxylic acids is 1. The van der Waals surface area contributed by atoms with Gasteiger partial charge in [-0.2, -0.15) is 0 Å². The maximum atomic E-state index is 12.3. The smallest absolute Gasteiger partial charge is 0.334 e. The van der Waals surface area contributed by atoms with Crippen molar-refractivity contribution in [1.29, 1.82) is 0 Å². The molecule has 2 heterocycles. The molecule has 0 bridgehead atoms. The summed E-state index contributed by atoms with van der Waals surface area (Å²) < 4.78 is 5.69. The number of rotatable bonds is 2. The molecule has 1 aliphatic rings. The number of morpholine rings is 1. The van der Waals surface area contributed by atoms with E-state index in [1.807, 2.05) is 0 Å². The Morgan fingerprint density at radius 2 is 2.32 bits per heavy atom. The van der Waals surface area contributed by atoms with Gasteiger partial charge in [-0.15, -0.1) is 0 Å². The molecule has 0 saturated carbocycles. The summed E-state index contributed by atoms with van der Waals surface area (Å²) in [5.41, 5.74) is 0.238. The summed E-state index contributed by atoms with van der Waals surface area (Å²) in [6.07, 6.45) is 0.481. The van der Waals surface area contributed by atoms with Crippen molar-refractivity contribution in [2.24, 2.45) is 0 Å². The fourth-order valence-corrected chi connectivity index (χ4v) is 2.24. The van der Waals surface area contributed by atoms with Gasteiger partial charge in [0.2, 0.25) is 0 Å². The largest absolute Gasteiger partial charge is 0.479 e. The van der Waals surface area contributed by atoms with Crippen LogP contribution < -0.4 is 0 Å². The van der Waals surface area contributed by atoms with Crippen molar-refractivity contribution in [3.05, 3.63) is 27.5 Å². The van der Waals surface area contributed by atoms with Crippen molar-refractivity contribution in [1.82, 2.24) is 9.88 Å². The summed E-state index contributed by atoms with van der Waals surface area (Å²) >= 11 is 9.10. The summed E-state index contributed by atoms with van der Waals surface area (Å²) in [6, 6.07) is 1.56. The highest BCUT2D eigenvalue weighted by molar-refractivity contribution is 9.10. The highest BCUT2D eigenvalue weighted by atomic mass is 79.9. The molecule has 0 spiro atoms. The van der Waals surface area contributed by atoms with Crippen molar-refractivity contribution in [2.45, 2.75) is 6.10 Å². The second-order valence-corrected chi connectivity index (χ2v) is 5.21. The Morgan fingerprint density at radius 3 is 3.00 bits per heavy atom. The van der Waals surface area contributed by atoms with Crippen molar-refractivity contribution in [3.8, 4) is 0 Å². The zero-order valence-electron chi connectivity index (χ0n) is 9.68. The zero-order chi connectivity index (χ0) is 14.0. The van der Waals surface area contributed by atoms with Crippen LogP contribution in [0.2, 0.25) is 5.15 Å². The van der Waals surface area contributed by atoms with E-state index in [1.54, 1.807) is 6.07 Å². The first-order valence-corrected chi connectivity index (χ1v) is 6.61. The van der Waals surface area contributed by atoms with E-state index in [1.165, 1.54) is 11.1 Å². The van der Waals surface area contributed by atoms with E-state index in [9.17, 15) is 9.59 Å². The second-order valence-electron chi connectivity index (χ2n) is 3.94. The van der Waals surface area contributed by atoms with Crippen LogP contribution in [0.4, 0.5) is 0 Å². The number of hydrogen-bond donors (Lipinski definition) is 1. The number of amides is 1. The first-order chi connectivity index (χ1) is 8.99. The van der Waals surface area contributed by atoms with Crippen LogP contribution in [0.15, 0.2) is 16.7 Å². The Morgan fingerprint density at radius 1 is 1.58 bits per heavy atom. The molecule has 1 aromatic rings. The standard InChI is InChI=1S/C11H10BrClN2O4/c12-6-3-7(9(13)14-4-6)10(16)15-1-2-19-8(5-15)11(17)18/h3-4,8H,1-2,5H2,(H,17,18). The Hall–Kier alpha value is -1.18. The van der Waals surface area contributed by atoms with E-state index >= 15 is 0 Å². The molecule has 2 rings (SSSR count). The minimum Gasteiger partial charge on any atom is -0.479 e. The van der Waals surface area contributed by atoms with Crippen LogP contribution in [0.25, 0.3) is 0 Å². The minimum absolute atomic E-state index is 0.00297. The molecule has 0 aliphatic carbocycles. The molecule has 1 saturated heterocycles. The van der Waals surface area contributed by atoms with E-state index in [0.29, 0.717) is 11.0 Å². The van der Waals surface area contributed by atoms with Crippen LogP contribution >= 0.6 is 27.5 Å². The number of hydrogen-bond acceptors (Lipinski definition) is 4. The summed E-state index contributed by atoms with van der Waals surface area (Å²) in [5.74, 6) is -1.44. The molecule has 1 amide bonds. The molecule has 1 aromatic heterocycles. The fourth-order valence-electron chi connectivity index (χ4n) is 1.73. The number of halogens is 2. The Kier molecular flexibility index (Phi) is 4.38. The van der Waals surface area contributed by atoms with Crippen molar-refractivity contribution < 1.29 is 19.4 Å². The minimum atomic E-state index is -1.09. The number of carboxylic acid groups (broad SMARTS) is 1. The van der Waals surface area contributed by atoms with Gasteiger partial charge in [0.05, 0.1) is 18.7 Å². The lowest BCUT2D eigenvalue weighted by Crippen LogP contribution is -2.48. The molecule has 1 atom stereocenters. The molecular formula is C11H10BrClN2O4. The predicted octanol–water partition coefficient (Wildman–Crippen LogP) is 1.42. The van der Waals surface area contributed by atoms with Crippen LogP contribution in [0.3, 0.4) is 0 Å². The number of ether oxygens (including phenoxy) is 1. The SMILES string of the molecule is O=C(O)C1CN(C(=O)c2cc(Br)cnc2Cl)CCO1. The van der Waals surface area contributed by atoms with Gasteiger partial charge in [0, 0.05) is 17.2 Å². The summed E-state index contributed by atoms with van der Waals surface area (Å²) in [7, 11) is 0. The van der Waals surface area contributed by atoms with Crippen LogP contribution in [0.1, 0.15) is 10.4 Å². The van der Waals surface area contributed by atoms with Crippen molar-refractivity contribution in [2.75, 3.05) is 19.7 Å². The van der Waals surface area contributed by atoms with Gasteiger partial charge in [-0.25, -0.2) is 9.78 Å². The van der Waals surface area contributed by atoms with E-state index in [0.717, 1.165) is 0 Å². The average molecular weight is 350 g/mol. The second kappa shape index (κ2) is 5.85. The van der Waals surface area contributed by atoms with Gasteiger partial charge in [0.25, 0.3) is 5.91 Å².